The fraction of sp³-hybridized carbons (Fsp3) is 0.500. The van der Waals surface area contributed by atoms with Crippen molar-refractivity contribution in [1.82, 2.24) is 4.90 Å². The fourth-order valence-electron chi connectivity index (χ4n) is 2.59. The van der Waals surface area contributed by atoms with Gasteiger partial charge in [-0.3, -0.25) is 0 Å². The first-order chi connectivity index (χ1) is 9.69. The van der Waals surface area contributed by atoms with Crippen LogP contribution in [-0.4, -0.2) is 23.9 Å². The van der Waals surface area contributed by atoms with Gasteiger partial charge in [0.05, 0.1) is 17.7 Å². The molecule has 0 radical (unpaired) electrons. The third-order valence-corrected chi connectivity index (χ3v) is 3.76. The number of nitriles is 1. The predicted molar refractivity (Wildman–Crippen MR) is 81.1 cm³/mol. The molecule has 1 aliphatic carbocycles. The molecule has 1 aliphatic rings. The van der Waals surface area contributed by atoms with Crippen LogP contribution in [0.2, 0.25) is 0 Å². The number of nitrogens with two attached hydrogens (primary N) is 1. The van der Waals surface area contributed by atoms with Gasteiger partial charge in [0.2, 0.25) is 0 Å². The van der Waals surface area contributed by atoms with Crippen LogP contribution in [0, 0.1) is 11.3 Å². The van der Waals surface area contributed by atoms with Crippen molar-refractivity contribution in [2.45, 2.75) is 44.7 Å². The summed E-state index contributed by atoms with van der Waals surface area (Å²) in [6.45, 7) is 0.678. The molecule has 1 fully saturated rings. The molecule has 0 spiro atoms. The molecule has 0 aliphatic heterocycles. The summed E-state index contributed by atoms with van der Waals surface area (Å²) in [5, 5.41) is 8.91. The van der Waals surface area contributed by atoms with E-state index >= 15 is 0 Å². The Morgan fingerprint density at radius 1 is 1.40 bits per heavy atom. The van der Waals surface area contributed by atoms with Gasteiger partial charge < -0.3 is 10.6 Å². The molecule has 106 valence electrons. The van der Waals surface area contributed by atoms with Gasteiger partial charge in [0, 0.05) is 13.6 Å². The van der Waals surface area contributed by atoms with Gasteiger partial charge in [0.25, 0.3) is 0 Å². The Kier molecular flexibility index (Phi) is 5.00. The Morgan fingerprint density at radius 2 is 2.15 bits per heavy atom. The molecule has 1 aromatic carbocycles. The predicted octanol–water partition coefficient (Wildman–Crippen LogP) is 2.64. The van der Waals surface area contributed by atoms with Crippen LogP contribution in [0.25, 0.3) is 0 Å². The lowest BCUT2D eigenvalue weighted by molar-refractivity contribution is 0.428. The van der Waals surface area contributed by atoms with Gasteiger partial charge in [-0.05, 0) is 30.5 Å². The Morgan fingerprint density at radius 3 is 2.85 bits per heavy atom. The summed E-state index contributed by atoms with van der Waals surface area (Å²) in [5.74, 6) is 0.597. The molecule has 1 aromatic rings. The normalized spacial score (nSPS) is 16.7. The molecule has 0 atom stereocenters. The van der Waals surface area contributed by atoms with Crippen molar-refractivity contribution in [2.24, 2.45) is 10.7 Å². The number of hydrogen-bond donors (Lipinski definition) is 1. The molecule has 0 saturated heterocycles. The van der Waals surface area contributed by atoms with E-state index in [0.29, 0.717) is 24.1 Å². The zero-order valence-corrected chi connectivity index (χ0v) is 12.0. The minimum atomic E-state index is 0.386. The first kappa shape index (κ1) is 14.4. The lowest BCUT2D eigenvalue weighted by atomic mass is 9.96. The first-order valence-corrected chi connectivity index (χ1v) is 7.22. The lowest BCUT2D eigenvalue weighted by Gasteiger charge is -2.23. The van der Waals surface area contributed by atoms with Crippen molar-refractivity contribution in [3.63, 3.8) is 0 Å². The quantitative estimate of drug-likeness (QED) is 0.678. The number of benzene rings is 1. The molecule has 2 rings (SSSR count). The Bertz CT molecular complexity index is 509. The lowest BCUT2D eigenvalue weighted by Crippen LogP contribution is -2.35. The van der Waals surface area contributed by atoms with E-state index in [9.17, 15) is 0 Å². The van der Waals surface area contributed by atoms with Gasteiger partial charge in [-0.15, -0.1) is 0 Å². The van der Waals surface area contributed by atoms with Crippen LogP contribution in [0.3, 0.4) is 0 Å². The number of nitrogens with zero attached hydrogens (tertiary/aromatic N) is 3. The summed E-state index contributed by atoms with van der Waals surface area (Å²) in [7, 11) is 1.95. The van der Waals surface area contributed by atoms with Gasteiger partial charge >= 0.3 is 0 Å². The van der Waals surface area contributed by atoms with Crippen LogP contribution in [-0.2, 0) is 6.54 Å². The highest BCUT2D eigenvalue weighted by Crippen LogP contribution is 2.20. The van der Waals surface area contributed by atoms with E-state index in [2.05, 4.69) is 11.1 Å². The van der Waals surface area contributed by atoms with Gasteiger partial charge in [0.15, 0.2) is 5.96 Å². The van der Waals surface area contributed by atoms with Crippen molar-refractivity contribution in [2.75, 3.05) is 7.05 Å². The van der Waals surface area contributed by atoms with Crippen molar-refractivity contribution in [3.05, 3.63) is 35.4 Å². The first-order valence-electron chi connectivity index (χ1n) is 7.22. The zero-order valence-electron chi connectivity index (χ0n) is 12.0. The van der Waals surface area contributed by atoms with Crippen molar-refractivity contribution >= 4 is 5.96 Å². The third-order valence-electron chi connectivity index (χ3n) is 3.76. The van der Waals surface area contributed by atoms with Crippen molar-refractivity contribution in [1.29, 1.82) is 5.26 Å². The maximum Gasteiger partial charge on any atom is 0.191 e. The minimum absolute atomic E-state index is 0.386. The molecule has 1 saturated carbocycles. The second-order valence-electron chi connectivity index (χ2n) is 5.45. The summed E-state index contributed by atoms with van der Waals surface area (Å²) >= 11 is 0. The number of guanidine groups is 1. The molecular weight excluding hydrogens is 248 g/mol. The van der Waals surface area contributed by atoms with Crippen molar-refractivity contribution < 1.29 is 0 Å². The van der Waals surface area contributed by atoms with Crippen LogP contribution in [0.15, 0.2) is 29.3 Å². The van der Waals surface area contributed by atoms with E-state index in [1.807, 2.05) is 36.2 Å². The number of hydrogen-bond acceptors (Lipinski definition) is 2. The van der Waals surface area contributed by atoms with Crippen LogP contribution in [0.4, 0.5) is 0 Å². The fourth-order valence-corrected chi connectivity index (χ4v) is 2.59. The smallest absolute Gasteiger partial charge is 0.191 e. The maximum absolute atomic E-state index is 8.91. The molecule has 0 unspecified atom stereocenters. The summed E-state index contributed by atoms with van der Waals surface area (Å²) in [6.07, 6.45) is 6.14. The standard InChI is InChI=1S/C16H22N4/c1-20(12-14-7-5-6-13(10-14)11-17)16(18)19-15-8-3-2-4-9-15/h5-7,10,15H,2-4,8-9,12H2,1H3,(H2,18,19). The topological polar surface area (TPSA) is 65.4 Å². The van der Waals surface area contributed by atoms with E-state index in [1.54, 1.807) is 0 Å². The Balaban J connectivity index is 1.97. The molecule has 0 amide bonds. The second-order valence-corrected chi connectivity index (χ2v) is 5.45. The molecule has 20 heavy (non-hydrogen) atoms. The van der Waals surface area contributed by atoms with E-state index in [0.717, 1.165) is 18.4 Å². The number of aliphatic imine (C=N–C) groups is 1. The van der Waals surface area contributed by atoms with Gasteiger partial charge in [-0.1, -0.05) is 31.4 Å². The second kappa shape index (κ2) is 6.95. The molecular formula is C16H22N4. The zero-order chi connectivity index (χ0) is 14.4. The van der Waals surface area contributed by atoms with Crippen LogP contribution in [0.1, 0.15) is 43.2 Å². The monoisotopic (exact) mass is 270 g/mol. The highest BCUT2D eigenvalue weighted by molar-refractivity contribution is 5.78. The highest BCUT2D eigenvalue weighted by atomic mass is 15.2. The van der Waals surface area contributed by atoms with Crippen LogP contribution < -0.4 is 5.73 Å². The van der Waals surface area contributed by atoms with Crippen LogP contribution >= 0.6 is 0 Å². The van der Waals surface area contributed by atoms with E-state index in [4.69, 9.17) is 11.0 Å². The van der Waals surface area contributed by atoms with Gasteiger partial charge in [-0.2, -0.15) is 5.26 Å². The van der Waals surface area contributed by atoms with E-state index in [1.165, 1.54) is 19.3 Å². The average Bonchev–Trinajstić information content (AvgIpc) is 2.48. The maximum atomic E-state index is 8.91. The Hall–Kier alpha value is -2.02. The van der Waals surface area contributed by atoms with Crippen molar-refractivity contribution in [3.8, 4) is 6.07 Å². The third kappa shape index (κ3) is 3.99. The summed E-state index contributed by atoms with van der Waals surface area (Å²) in [6, 6.07) is 10.1. The Labute approximate surface area is 120 Å². The summed E-state index contributed by atoms with van der Waals surface area (Å²) < 4.78 is 0. The molecule has 0 bridgehead atoms. The number of rotatable bonds is 3. The van der Waals surface area contributed by atoms with Gasteiger partial charge in [0.1, 0.15) is 0 Å². The van der Waals surface area contributed by atoms with E-state index < -0.39 is 0 Å². The van der Waals surface area contributed by atoms with E-state index in [-0.39, 0.29) is 0 Å². The molecule has 0 aromatic heterocycles. The highest BCUT2D eigenvalue weighted by Gasteiger charge is 2.13. The largest absolute Gasteiger partial charge is 0.370 e. The minimum Gasteiger partial charge on any atom is -0.370 e. The SMILES string of the molecule is CN(Cc1cccc(C#N)c1)C(N)=NC1CCCCC1. The average molecular weight is 270 g/mol. The molecule has 0 heterocycles. The molecule has 4 heteroatoms. The molecule has 4 nitrogen and oxygen atoms in total. The van der Waals surface area contributed by atoms with Crippen LogP contribution in [0.5, 0.6) is 0 Å². The summed E-state index contributed by atoms with van der Waals surface area (Å²) in [5.41, 5.74) is 7.83. The van der Waals surface area contributed by atoms with Gasteiger partial charge in [-0.25, -0.2) is 4.99 Å². The summed E-state index contributed by atoms with van der Waals surface area (Å²) in [4.78, 5) is 6.58. The molecule has 2 N–H and O–H groups in total.